The van der Waals surface area contributed by atoms with Crippen molar-refractivity contribution in [1.29, 1.82) is 0 Å². The van der Waals surface area contributed by atoms with Gasteiger partial charge in [-0.05, 0) is 96.4 Å². The fourth-order valence-corrected chi connectivity index (χ4v) is 8.77. The number of nitrogens with zero attached hydrogens (tertiary/aromatic N) is 2. The lowest BCUT2D eigenvalue weighted by Gasteiger charge is -2.29. The van der Waals surface area contributed by atoms with E-state index in [0.29, 0.717) is 49.4 Å². The molecule has 15 heteroatoms. The van der Waals surface area contributed by atoms with Crippen LogP contribution in [0.2, 0.25) is 0 Å². The topological polar surface area (TPSA) is 17.8 Å². The number of imidazole rings is 1. The van der Waals surface area contributed by atoms with E-state index < -0.39 is 0 Å². The summed E-state index contributed by atoms with van der Waals surface area (Å²) in [5, 5.41) is 1.94. The second kappa shape index (κ2) is 15.7. The summed E-state index contributed by atoms with van der Waals surface area (Å²) in [5.74, 6) is 0.951. The zero-order chi connectivity index (χ0) is 44.0. The van der Waals surface area contributed by atoms with Gasteiger partial charge in [0.25, 0.3) is 0 Å². The maximum Gasteiger partial charge on any atom is 0.114 e. The number of para-hydroxylation sites is 2. The molecule has 26 radical (unpaired) electrons. The van der Waals surface area contributed by atoms with Crippen LogP contribution in [-0.2, 0) is 6.42 Å². The molecule has 0 atom stereocenters. The van der Waals surface area contributed by atoms with Gasteiger partial charge in [0.15, 0.2) is 0 Å². The summed E-state index contributed by atoms with van der Waals surface area (Å²) in [5.41, 5.74) is 10.2. The minimum Gasteiger partial charge on any atom is -0.296 e. The second-order valence-electron chi connectivity index (χ2n) is 15.4. The standard InChI is InChI=1S/C47H21B13N2/c1-2-27-61-25-11-3-4-12-26(25)62(27)24-10-6-8-22(18-24)21-7-5-9-23(17-21)29-33-31(37(50)43(56)45(58)39(33)52)28(32-34(29)40(53)46(59)44(57)38(32)51)19-13-15-20(16-14-19)30-35(48)41(54)47(60)42(55)36(30)49/h3-18H,2H2,1H3. The molecule has 0 spiro atoms. The van der Waals surface area contributed by atoms with Gasteiger partial charge in [0.2, 0.25) is 0 Å². The average molecular weight is 754 g/mol. The van der Waals surface area contributed by atoms with Crippen molar-refractivity contribution in [3.63, 3.8) is 0 Å². The molecular formula is C47H21B13N2. The Kier molecular flexibility index (Phi) is 10.6. The molecule has 0 amide bonds. The molecule has 0 aliphatic carbocycles. The molecule has 0 saturated carbocycles. The predicted octanol–water partition coefficient (Wildman–Crippen LogP) is -3.12. The average Bonchev–Trinajstić information content (AvgIpc) is 3.68. The second-order valence-corrected chi connectivity index (χ2v) is 15.4. The van der Waals surface area contributed by atoms with Gasteiger partial charge in [0.05, 0.1) is 11.0 Å². The van der Waals surface area contributed by atoms with Crippen LogP contribution >= 0.6 is 0 Å². The van der Waals surface area contributed by atoms with Crippen molar-refractivity contribution in [3.8, 4) is 50.2 Å². The van der Waals surface area contributed by atoms with Gasteiger partial charge in [0.1, 0.15) is 108 Å². The summed E-state index contributed by atoms with van der Waals surface area (Å²) in [4.78, 5) is 4.90. The van der Waals surface area contributed by atoms with Gasteiger partial charge in [-0.15, -0.1) is 38.2 Å². The molecule has 0 bridgehead atoms. The maximum atomic E-state index is 7.03. The van der Waals surface area contributed by atoms with Crippen LogP contribution in [0.15, 0.2) is 97.1 Å². The van der Waals surface area contributed by atoms with Crippen LogP contribution in [0.1, 0.15) is 12.7 Å². The molecule has 0 aliphatic rings. The zero-order valence-electron chi connectivity index (χ0n) is 33.8. The molecule has 2 nitrogen and oxygen atoms in total. The number of benzene rings is 8. The Labute approximate surface area is 379 Å². The number of fused-ring (bicyclic) bond motifs is 3. The molecule has 0 N–H and O–H groups in total. The van der Waals surface area contributed by atoms with Crippen molar-refractivity contribution in [2.24, 2.45) is 0 Å². The van der Waals surface area contributed by atoms with Gasteiger partial charge in [-0.2, -0.15) is 0 Å². The Bertz CT molecular complexity index is 3270. The van der Waals surface area contributed by atoms with Gasteiger partial charge in [0, 0.05) is 12.1 Å². The van der Waals surface area contributed by atoms with Crippen LogP contribution in [0.25, 0.3) is 82.8 Å². The first-order valence-corrected chi connectivity index (χ1v) is 19.7. The van der Waals surface area contributed by atoms with E-state index in [4.69, 9.17) is 107 Å². The van der Waals surface area contributed by atoms with Crippen LogP contribution in [0.5, 0.6) is 0 Å². The minimum absolute atomic E-state index is 0.102. The van der Waals surface area contributed by atoms with Crippen molar-refractivity contribution in [1.82, 2.24) is 9.55 Å². The summed E-state index contributed by atoms with van der Waals surface area (Å²) < 4.78 is 2.19. The molecule has 0 saturated heterocycles. The van der Waals surface area contributed by atoms with E-state index in [9.17, 15) is 0 Å². The maximum absolute atomic E-state index is 7.03. The van der Waals surface area contributed by atoms with Gasteiger partial charge in [-0.3, -0.25) is 4.57 Å². The third-order valence-corrected chi connectivity index (χ3v) is 12.0. The summed E-state index contributed by atoms with van der Waals surface area (Å²) in [6.45, 7) is 2.10. The summed E-state index contributed by atoms with van der Waals surface area (Å²) in [6.07, 6.45) is 0.751. The number of aromatic nitrogens is 2. The minimum atomic E-state index is 0.102. The molecule has 9 rings (SSSR count). The summed E-state index contributed by atoms with van der Waals surface area (Å²) >= 11 is 0. The van der Waals surface area contributed by atoms with Gasteiger partial charge in [-0.25, -0.2) is 4.98 Å². The van der Waals surface area contributed by atoms with Crippen molar-refractivity contribution in [3.05, 3.63) is 103 Å². The van der Waals surface area contributed by atoms with E-state index in [1.54, 1.807) is 0 Å². The Morgan fingerprint density at radius 3 is 1.29 bits per heavy atom. The molecule has 8 aromatic carbocycles. The van der Waals surface area contributed by atoms with Crippen LogP contribution in [0.3, 0.4) is 0 Å². The lowest BCUT2D eigenvalue weighted by atomic mass is 9.59. The molecule has 0 unspecified atom stereocenters. The van der Waals surface area contributed by atoms with E-state index in [2.05, 4.69) is 41.8 Å². The first-order valence-electron chi connectivity index (χ1n) is 19.7. The molecule has 0 fully saturated rings. The van der Waals surface area contributed by atoms with Crippen LogP contribution in [-0.4, -0.2) is 112 Å². The molecule has 1 aromatic heterocycles. The number of hydrogen-bond acceptors (Lipinski definition) is 1. The highest BCUT2D eigenvalue weighted by Crippen LogP contribution is 2.42. The lowest BCUT2D eigenvalue weighted by molar-refractivity contribution is 0.908. The van der Waals surface area contributed by atoms with Gasteiger partial charge in [-0.1, -0.05) is 106 Å². The Balaban J connectivity index is 1.33. The highest BCUT2D eigenvalue weighted by atomic mass is 15.1. The van der Waals surface area contributed by atoms with E-state index in [-0.39, 0.29) is 71.0 Å². The highest BCUT2D eigenvalue weighted by Gasteiger charge is 2.25. The van der Waals surface area contributed by atoms with Crippen LogP contribution in [0, 0.1) is 0 Å². The first-order chi connectivity index (χ1) is 29.7. The zero-order valence-corrected chi connectivity index (χ0v) is 33.8. The van der Waals surface area contributed by atoms with Crippen LogP contribution < -0.4 is 71.0 Å². The van der Waals surface area contributed by atoms with E-state index >= 15 is 0 Å². The lowest BCUT2D eigenvalue weighted by Crippen LogP contribution is -2.55. The third-order valence-electron chi connectivity index (χ3n) is 12.0. The predicted molar refractivity (Wildman–Crippen MR) is 277 cm³/mol. The van der Waals surface area contributed by atoms with E-state index in [1.165, 1.54) is 0 Å². The Morgan fingerprint density at radius 2 is 0.774 bits per heavy atom. The van der Waals surface area contributed by atoms with Crippen molar-refractivity contribution < 1.29 is 0 Å². The largest absolute Gasteiger partial charge is 0.296 e. The SMILES string of the molecule is [B]c1c([B])c([B])c(-c2ccc(-c3c4c([B])c([B])c([B])c([B])c4c(-c4cccc(-c5cccc(-n6c(CC)nc7ccccc76)c5)c4)c4c([B])c([B])c([B])c([B])c34)cc2)c([B])c1[B]. The highest BCUT2D eigenvalue weighted by molar-refractivity contribution is 6.72. The fraction of sp³-hybridized carbons (Fsp3) is 0.0426. The molecule has 1 heterocycles. The number of aryl methyl sites for hydroxylation is 1. The van der Waals surface area contributed by atoms with Crippen molar-refractivity contribution in [2.45, 2.75) is 13.3 Å². The smallest absolute Gasteiger partial charge is 0.114 e. The van der Waals surface area contributed by atoms with Gasteiger partial charge < -0.3 is 0 Å². The third kappa shape index (κ3) is 6.31. The van der Waals surface area contributed by atoms with E-state index in [1.807, 2.05) is 66.7 Å². The van der Waals surface area contributed by atoms with Gasteiger partial charge >= 0.3 is 0 Å². The molecule has 62 heavy (non-hydrogen) atoms. The molecule has 9 aromatic rings. The van der Waals surface area contributed by atoms with Crippen molar-refractivity contribution >= 4 is 206 Å². The quantitative estimate of drug-likeness (QED) is 0.130. The first kappa shape index (κ1) is 41.9. The number of hydrogen-bond donors (Lipinski definition) is 0. The molecule has 258 valence electrons. The monoisotopic (exact) mass is 756 g/mol. The summed E-state index contributed by atoms with van der Waals surface area (Å²) in [7, 11) is 86.1. The molecular weight excluding hydrogens is 733 g/mol. The van der Waals surface area contributed by atoms with Crippen molar-refractivity contribution in [2.75, 3.05) is 0 Å². The Morgan fingerprint density at radius 1 is 0.371 bits per heavy atom. The van der Waals surface area contributed by atoms with Crippen LogP contribution in [0.4, 0.5) is 0 Å². The Hall–Kier alpha value is -5.41. The molecule has 0 aliphatic heterocycles. The van der Waals surface area contributed by atoms with E-state index in [0.717, 1.165) is 45.7 Å². The fourth-order valence-electron chi connectivity index (χ4n) is 8.77. The summed E-state index contributed by atoms with van der Waals surface area (Å²) in [6, 6.07) is 31.7. The normalized spacial score (nSPS) is 11.6. The number of rotatable bonds is 6.